The Labute approximate surface area is 188 Å². The Morgan fingerprint density at radius 2 is 1.72 bits per heavy atom. The van der Waals surface area contributed by atoms with Crippen molar-refractivity contribution in [1.29, 1.82) is 0 Å². The van der Waals surface area contributed by atoms with Crippen LogP contribution >= 0.6 is 0 Å². The van der Waals surface area contributed by atoms with E-state index < -0.39 is 10.0 Å². The van der Waals surface area contributed by atoms with Gasteiger partial charge in [0.25, 0.3) is 0 Å². The van der Waals surface area contributed by atoms with Crippen molar-refractivity contribution in [3.8, 4) is 17.2 Å². The number of hydrogen-bond acceptors (Lipinski definition) is 7. The van der Waals surface area contributed by atoms with Crippen molar-refractivity contribution in [3.05, 3.63) is 42.5 Å². The molecular weight excluding hydrogens is 436 g/mol. The molecule has 32 heavy (non-hydrogen) atoms. The fraction of sp³-hybridized carbons (Fsp3) is 0.409. The molecule has 1 saturated heterocycles. The highest BCUT2D eigenvalue weighted by Crippen LogP contribution is 2.29. The maximum Gasteiger partial charge on any atom is 0.243 e. The Hall–Kier alpha value is -2.82. The van der Waals surface area contributed by atoms with E-state index in [1.165, 1.54) is 29.6 Å². The summed E-state index contributed by atoms with van der Waals surface area (Å²) >= 11 is 0. The number of benzene rings is 2. The first-order valence-electron chi connectivity index (χ1n) is 10.4. The van der Waals surface area contributed by atoms with E-state index in [1.54, 1.807) is 24.3 Å². The molecule has 2 aromatic carbocycles. The summed E-state index contributed by atoms with van der Waals surface area (Å²) in [6, 6.07) is 11.5. The molecule has 0 saturated carbocycles. The highest BCUT2D eigenvalue weighted by Gasteiger charge is 2.27. The van der Waals surface area contributed by atoms with Crippen molar-refractivity contribution >= 4 is 21.6 Å². The average Bonchev–Trinajstić information content (AvgIpc) is 2.81. The van der Waals surface area contributed by atoms with Crippen LogP contribution in [-0.4, -0.2) is 65.3 Å². The van der Waals surface area contributed by atoms with E-state index in [0.29, 0.717) is 44.4 Å². The SMILES string of the molecule is CCOc1ccc(OCCC(=O)Nc2cc(S(=O)(=O)N3CCOCC3)ccc2OC)cc1. The number of anilines is 1. The van der Waals surface area contributed by atoms with Crippen molar-refractivity contribution in [2.75, 3.05) is 51.9 Å². The second kappa shape index (κ2) is 11.2. The number of carbonyl (C=O) groups is 1. The normalized spacial score (nSPS) is 14.6. The molecule has 2 aromatic rings. The molecule has 174 valence electrons. The summed E-state index contributed by atoms with van der Waals surface area (Å²) in [6.07, 6.45) is 0.0802. The molecule has 1 N–H and O–H groups in total. The average molecular weight is 465 g/mol. The number of sulfonamides is 1. The third kappa shape index (κ3) is 6.12. The Morgan fingerprint density at radius 1 is 1.06 bits per heavy atom. The molecule has 3 rings (SSSR count). The fourth-order valence-corrected chi connectivity index (χ4v) is 4.59. The van der Waals surface area contributed by atoms with Gasteiger partial charge in [-0.1, -0.05) is 0 Å². The van der Waals surface area contributed by atoms with Gasteiger partial charge in [0.1, 0.15) is 17.2 Å². The highest BCUT2D eigenvalue weighted by atomic mass is 32.2. The van der Waals surface area contributed by atoms with Gasteiger partial charge in [-0.3, -0.25) is 4.79 Å². The van der Waals surface area contributed by atoms with Gasteiger partial charge in [-0.25, -0.2) is 8.42 Å². The lowest BCUT2D eigenvalue weighted by Gasteiger charge is -2.26. The molecule has 10 heteroatoms. The van der Waals surface area contributed by atoms with Crippen molar-refractivity contribution < 1.29 is 32.2 Å². The number of nitrogens with zero attached hydrogens (tertiary/aromatic N) is 1. The summed E-state index contributed by atoms with van der Waals surface area (Å²) in [5, 5.41) is 2.72. The van der Waals surface area contributed by atoms with Crippen LogP contribution in [-0.2, 0) is 19.6 Å². The number of ether oxygens (including phenoxy) is 4. The molecule has 1 aliphatic rings. The fourth-order valence-electron chi connectivity index (χ4n) is 3.15. The highest BCUT2D eigenvalue weighted by molar-refractivity contribution is 7.89. The number of morpholine rings is 1. The van der Waals surface area contributed by atoms with E-state index in [2.05, 4.69) is 5.32 Å². The zero-order valence-corrected chi connectivity index (χ0v) is 19.0. The quantitative estimate of drug-likeness (QED) is 0.576. The molecule has 9 nitrogen and oxygen atoms in total. The predicted molar refractivity (Wildman–Crippen MR) is 119 cm³/mol. The molecule has 0 unspecified atom stereocenters. The Morgan fingerprint density at radius 3 is 2.34 bits per heavy atom. The van der Waals surface area contributed by atoms with Crippen LogP contribution in [0.25, 0.3) is 0 Å². The minimum Gasteiger partial charge on any atom is -0.495 e. The van der Waals surface area contributed by atoms with Crippen molar-refractivity contribution in [2.45, 2.75) is 18.2 Å². The third-order valence-electron chi connectivity index (χ3n) is 4.79. The number of hydrogen-bond donors (Lipinski definition) is 1. The molecule has 0 radical (unpaired) electrons. The van der Waals surface area contributed by atoms with E-state index in [1.807, 2.05) is 6.92 Å². The molecule has 0 atom stereocenters. The maximum atomic E-state index is 12.9. The first-order valence-corrected chi connectivity index (χ1v) is 11.8. The molecule has 1 aliphatic heterocycles. The Bertz CT molecular complexity index is 1000. The largest absolute Gasteiger partial charge is 0.495 e. The van der Waals surface area contributed by atoms with Gasteiger partial charge in [0.05, 0.1) is 50.5 Å². The van der Waals surface area contributed by atoms with E-state index in [4.69, 9.17) is 18.9 Å². The van der Waals surface area contributed by atoms with Gasteiger partial charge in [-0.15, -0.1) is 0 Å². The van der Waals surface area contributed by atoms with Gasteiger partial charge in [0, 0.05) is 13.1 Å². The number of amides is 1. The van der Waals surface area contributed by atoms with E-state index in [-0.39, 0.29) is 29.5 Å². The van der Waals surface area contributed by atoms with Crippen LogP contribution in [0.2, 0.25) is 0 Å². The summed E-state index contributed by atoms with van der Waals surface area (Å²) in [5.41, 5.74) is 0.285. The van der Waals surface area contributed by atoms with Crippen LogP contribution in [0.1, 0.15) is 13.3 Å². The van der Waals surface area contributed by atoms with Crippen LogP contribution in [0.5, 0.6) is 17.2 Å². The molecule has 1 fully saturated rings. The molecule has 1 heterocycles. The molecule has 0 aromatic heterocycles. The van der Waals surface area contributed by atoms with Crippen molar-refractivity contribution in [1.82, 2.24) is 4.31 Å². The van der Waals surface area contributed by atoms with Crippen LogP contribution in [0.15, 0.2) is 47.4 Å². The lowest BCUT2D eigenvalue weighted by molar-refractivity contribution is -0.116. The molecule has 0 spiro atoms. The zero-order valence-electron chi connectivity index (χ0n) is 18.2. The standard InChI is InChI=1S/C22H28N2O7S/c1-3-30-17-4-6-18(7-5-17)31-13-10-22(25)23-20-16-19(8-9-21(20)28-2)32(26,27)24-11-14-29-15-12-24/h4-9,16H,3,10-15H2,1-2H3,(H,23,25). The van der Waals surface area contributed by atoms with Gasteiger partial charge in [0.15, 0.2) is 0 Å². The van der Waals surface area contributed by atoms with E-state index in [0.717, 1.165) is 5.75 Å². The molecular formula is C22H28N2O7S. The second-order valence-electron chi connectivity index (χ2n) is 6.93. The predicted octanol–water partition coefficient (Wildman–Crippen LogP) is 2.52. The van der Waals surface area contributed by atoms with Crippen LogP contribution < -0.4 is 19.5 Å². The maximum absolute atomic E-state index is 12.9. The summed E-state index contributed by atoms with van der Waals surface area (Å²) in [4.78, 5) is 12.5. The number of nitrogens with one attached hydrogen (secondary N) is 1. The number of rotatable bonds is 10. The molecule has 0 aliphatic carbocycles. The van der Waals surface area contributed by atoms with Gasteiger partial charge in [0.2, 0.25) is 15.9 Å². The molecule has 0 bridgehead atoms. The van der Waals surface area contributed by atoms with Gasteiger partial charge in [-0.05, 0) is 49.4 Å². The van der Waals surface area contributed by atoms with Gasteiger partial charge >= 0.3 is 0 Å². The topological polar surface area (TPSA) is 103 Å². The van der Waals surface area contributed by atoms with Gasteiger partial charge in [-0.2, -0.15) is 4.31 Å². The summed E-state index contributed by atoms with van der Waals surface area (Å²) < 4.78 is 48.7. The van der Waals surface area contributed by atoms with E-state index in [9.17, 15) is 13.2 Å². The Balaban J connectivity index is 1.61. The van der Waals surface area contributed by atoms with Crippen LogP contribution in [0.3, 0.4) is 0 Å². The third-order valence-corrected chi connectivity index (χ3v) is 6.68. The van der Waals surface area contributed by atoms with E-state index >= 15 is 0 Å². The van der Waals surface area contributed by atoms with Crippen LogP contribution in [0.4, 0.5) is 5.69 Å². The second-order valence-corrected chi connectivity index (χ2v) is 8.87. The number of carbonyl (C=O) groups excluding carboxylic acids is 1. The summed E-state index contributed by atoms with van der Waals surface area (Å²) in [5.74, 6) is 1.41. The first-order chi connectivity index (χ1) is 15.4. The first kappa shape index (κ1) is 23.8. The van der Waals surface area contributed by atoms with Crippen LogP contribution in [0, 0.1) is 0 Å². The smallest absolute Gasteiger partial charge is 0.243 e. The molecule has 1 amide bonds. The monoisotopic (exact) mass is 464 g/mol. The number of methoxy groups -OCH3 is 1. The summed E-state index contributed by atoms with van der Waals surface area (Å²) in [7, 11) is -2.24. The lowest BCUT2D eigenvalue weighted by Crippen LogP contribution is -2.40. The zero-order chi connectivity index (χ0) is 23.0. The van der Waals surface area contributed by atoms with Crippen molar-refractivity contribution in [2.24, 2.45) is 0 Å². The van der Waals surface area contributed by atoms with Crippen molar-refractivity contribution in [3.63, 3.8) is 0 Å². The van der Waals surface area contributed by atoms with Gasteiger partial charge < -0.3 is 24.3 Å². The minimum absolute atomic E-state index is 0.0802. The minimum atomic E-state index is -3.69. The Kier molecular flexibility index (Phi) is 8.32. The lowest BCUT2D eigenvalue weighted by atomic mass is 10.2. The summed E-state index contributed by atoms with van der Waals surface area (Å²) in [6.45, 7) is 3.94.